The Bertz CT molecular complexity index is 1030. The third-order valence-electron chi connectivity index (χ3n) is 4.39. The maximum Gasteiger partial charge on any atom is 0.347 e. The topological polar surface area (TPSA) is 65.7 Å². The molecule has 0 fully saturated rings. The number of ether oxygens (including phenoxy) is 2. The first-order valence-electron chi connectivity index (χ1n) is 9.33. The third-order valence-corrected chi connectivity index (χ3v) is 4.39. The number of fused-ring (bicyclic) bond motifs is 1. The number of carbonyl (C=O) groups excluding carboxylic acids is 1. The molecule has 0 aliphatic carbocycles. The van der Waals surface area contributed by atoms with E-state index in [2.05, 4.69) is 0 Å². The zero-order chi connectivity index (χ0) is 20.3. The lowest BCUT2D eigenvalue weighted by Gasteiger charge is -2.17. The van der Waals surface area contributed by atoms with Gasteiger partial charge >= 0.3 is 11.6 Å². The van der Waals surface area contributed by atoms with Crippen molar-refractivity contribution >= 4 is 16.9 Å². The largest absolute Gasteiger partial charge is 0.479 e. The minimum Gasteiger partial charge on any atom is -0.479 e. The molecule has 0 N–H and O–H groups in total. The van der Waals surface area contributed by atoms with Crippen LogP contribution in [0.3, 0.4) is 0 Å². The van der Waals surface area contributed by atoms with Crippen molar-refractivity contribution in [2.45, 2.75) is 33.8 Å². The molecule has 0 radical (unpaired) electrons. The standard InChI is InChI=1S/C23H24O5/c1-14(2)13-26-23(25)16(4)27-20-11-10-18-19(17-8-6-5-7-9-17)12-21(24)28-22(18)15(20)3/h5-12,14,16H,13H2,1-4H3/t16-/m1/s1. The van der Waals surface area contributed by atoms with Gasteiger partial charge in [-0.05, 0) is 43.0 Å². The molecule has 0 bridgehead atoms. The van der Waals surface area contributed by atoms with Crippen molar-refractivity contribution in [2.75, 3.05) is 6.61 Å². The third kappa shape index (κ3) is 4.25. The first-order valence-corrected chi connectivity index (χ1v) is 9.33. The molecule has 5 nitrogen and oxygen atoms in total. The van der Waals surface area contributed by atoms with E-state index in [9.17, 15) is 9.59 Å². The van der Waals surface area contributed by atoms with E-state index in [-0.39, 0.29) is 5.92 Å². The predicted octanol–water partition coefficient (Wildman–Crippen LogP) is 4.73. The fourth-order valence-corrected chi connectivity index (χ4v) is 2.93. The van der Waals surface area contributed by atoms with Gasteiger partial charge in [-0.1, -0.05) is 44.2 Å². The van der Waals surface area contributed by atoms with Crippen LogP contribution in [-0.2, 0) is 9.53 Å². The maximum atomic E-state index is 12.1. The van der Waals surface area contributed by atoms with Gasteiger partial charge in [0.25, 0.3) is 0 Å². The van der Waals surface area contributed by atoms with Crippen LogP contribution in [0.4, 0.5) is 0 Å². The molecule has 1 aromatic heterocycles. The van der Waals surface area contributed by atoms with Crippen LogP contribution in [0.1, 0.15) is 26.3 Å². The summed E-state index contributed by atoms with van der Waals surface area (Å²) in [7, 11) is 0. The van der Waals surface area contributed by atoms with E-state index in [1.807, 2.05) is 57.2 Å². The van der Waals surface area contributed by atoms with E-state index in [0.717, 1.165) is 16.5 Å². The van der Waals surface area contributed by atoms with E-state index < -0.39 is 17.7 Å². The van der Waals surface area contributed by atoms with Crippen LogP contribution in [0.5, 0.6) is 5.75 Å². The molecule has 2 aromatic carbocycles. The van der Waals surface area contributed by atoms with E-state index in [1.54, 1.807) is 13.0 Å². The van der Waals surface area contributed by atoms with Crippen LogP contribution in [0.2, 0.25) is 0 Å². The van der Waals surface area contributed by atoms with Gasteiger partial charge in [-0.2, -0.15) is 0 Å². The molecule has 0 aliphatic heterocycles. The Balaban J connectivity index is 1.96. The van der Waals surface area contributed by atoms with Crippen LogP contribution in [0.25, 0.3) is 22.1 Å². The van der Waals surface area contributed by atoms with E-state index in [1.165, 1.54) is 6.07 Å². The summed E-state index contributed by atoms with van der Waals surface area (Å²) in [6.07, 6.45) is -0.765. The van der Waals surface area contributed by atoms with Gasteiger partial charge in [-0.25, -0.2) is 9.59 Å². The van der Waals surface area contributed by atoms with Crippen molar-refractivity contribution in [1.29, 1.82) is 0 Å². The monoisotopic (exact) mass is 380 g/mol. The van der Waals surface area contributed by atoms with Gasteiger partial charge in [0.05, 0.1) is 6.61 Å². The smallest absolute Gasteiger partial charge is 0.347 e. The Morgan fingerprint density at radius 2 is 1.79 bits per heavy atom. The average molecular weight is 380 g/mol. The van der Waals surface area contributed by atoms with Crippen molar-refractivity contribution in [3.05, 3.63) is 64.5 Å². The van der Waals surface area contributed by atoms with Gasteiger partial charge in [-0.3, -0.25) is 0 Å². The number of esters is 1. The molecule has 3 aromatic rings. The summed E-state index contributed by atoms with van der Waals surface area (Å²) in [6.45, 7) is 7.74. The lowest BCUT2D eigenvalue weighted by atomic mass is 10.00. The lowest BCUT2D eigenvalue weighted by molar-refractivity contribution is -0.152. The maximum absolute atomic E-state index is 12.1. The molecule has 3 rings (SSSR count). The molecule has 0 spiro atoms. The molecular formula is C23H24O5. The van der Waals surface area contributed by atoms with Crippen molar-refractivity contribution in [1.82, 2.24) is 0 Å². The van der Waals surface area contributed by atoms with Gasteiger partial charge in [0, 0.05) is 17.0 Å². The van der Waals surface area contributed by atoms with E-state index in [0.29, 0.717) is 23.5 Å². The summed E-state index contributed by atoms with van der Waals surface area (Å²) < 4.78 is 16.5. The number of hydrogen-bond donors (Lipinski definition) is 0. The molecule has 0 saturated carbocycles. The summed E-state index contributed by atoms with van der Waals surface area (Å²) in [5, 5.41) is 0.811. The highest BCUT2D eigenvalue weighted by molar-refractivity contribution is 5.95. The van der Waals surface area contributed by atoms with Gasteiger partial charge in [-0.15, -0.1) is 0 Å². The molecule has 0 amide bonds. The normalized spacial score (nSPS) is 12.2. The van der Waals surface area contributed by atoms with Gasteiger partial charge in [0.2, 0.25) is 0 Å². The Morgan fingerprint density at radius 1 is 1.07 bits per heavy atom. The fraction of sp³-hybridized carbons (Fsp3) is 0.304. The van der Waals surface area contributed by atoms with Crippen molar-refractivity contribution in [2.24, 2.45) is 5.92 Å². The molecule has 146 valence electrons. The molecule has 5 heteroatoms. The highest BCUT2D eigenvalue weighted by Gasteiger charge is 2.20. The number of hydrogen-bond acceptors (Lipinski definition) is 5. The van der Waals surface area contributed by atoms with Crippen molar-refractivity contribution in [3.8, 4) is 16.9 Å². The first kappa shape index (κ1) is 19.7. The van der Waals surface area contributed by atoms with Crippen LogP contribution in [-0.4, -0.2) is 18.7 Å². The Hall–Kier alpha value is -3.08. The molecule has 0 saturated heterocycles. The summed E-state index contributed by atoms with van der Waals surface area (Å²) in [5.41, 5.74) is 2.41. The lowest BCUT2D eigenvalue weighted by Crippen LogP contribution is -2.27. The first-order chi connectivity index (χ1) is 13.4. The van der Waals surface area contributed by atoms with Crippen molar-refractivity contribution in [3.63, 3.8) is 0 Å². The summed E-state index contributed by atoms with van der Waals surface area (Å²) in [4.78, 5) is 24.2. The Kier molecular flexibility index (Phi) is 5.83. The second kappa shape index (κ2) is 8.30. The molecule has 1 heterocycles. The van der Waals surface area contributed by atoms with E-state index >= 15 is 0 Å². The molecule has 1 atom stereocenters. The molecular weight excluding hydrogens is 356 g/mol. The van der Waals surface area contributed by atoms with E-state index in [4.69, 9.17) is 13.9 Å². The number of benzene rings is 2. The van der Waals surface area contributed by atoms with Crippen LogP contribution in [0.15, 0.2) is 57.7 Å². The molecule has 0 aliphatic rings. The zero-order valence-corrected chi connectivity index (χ0v) is 16.5. The minimum absolute atomic E-state index is 0.254. The van der Waals surface area contributed by atoms with Crippen LogP contribution >= 0.6 is 0 Å². The summed E-state index contributed by atoms with van der Waals surface area (Å²) in [6, 6.07) is 14.8. The Morgan fingerprint density at radius 3 is 2.46 bits per heavy atom. The second-order valence-corrected chi connectivity index (χ2v) is 7.19. The minimum atomic E-state index is -0.765. The average Bonchev–Trinajstić information content (AvgIpc) is 2.68. The predicted molar refractivity (Wildman–Crippen MR) is 109 cm³/mol. The van der Waals surface area contributed by atoms with Crippen molar-refractivity contribution < 1.29 is 18.7 Å². The van der Waals surface area contributed by atoms with Gasteiger partial charge in [0.15, 0.2) is 6.10 Å². The Labute approximate surface area is 163 Å². The SMILES string of the molecule is Cc1c(O[C@H](C)C(=O)OCC(C)C)ccc2c(-c3ccccc3)cc(=O)oc12. The van der Waals surface area contributed by atoms with Crippen LogP contribution < -0.4 is 10.4 Å². The van der Waals surface area contributed by atoms with Gasteiger partial charge in [0.1, 0.15) is 11.3 Å². The van der Waals surface area contributed by atoms with Crippen LogP contribution in [0, 0.1) is 12.8 Å². The molecule has 0 unspecified atom stereocenters. The summed E-state index contributed by atoms with van der Waals surface area (Å²) >= 11 is 0. The zero-order valence-electron chi connectivity index (χ0n) is 16.5. The molecule has 28 heavy (non-hydrogen) atoms. The number of carbonyl (C=O) groups is 1. The fourth-order valence-electron chi connectivity index (χ4n) is 2.93. The quantitative estimate of drug-likeness (QED) is 0.457. The summed E-state index contributed by atoms with van der Waals surface area (Å²) in [5.74, 6) is 0.312. The highest BCUT2D eigenvalue weighted by atomic mass is 16.6. The number of rotatable bonds is 6. The van der Waals surface area contributed by atoms with Gasteiger partial charge < -0.3 is 13.9 Å². The second-order valence-electron chi connectivity index (χ2n) is 7.19. The highest BCUT2D eigenvalue weighted by Crippen LogP contribution is 2.33. The number of aryl methyl sites for hydroxylation is 1.